The number of nitrogens with zero attached hydrogens (tertiary/aromatic N) is 6. The van der Waals surface area contributed by atoms with Crippen LogP contribution in [0, 0.1) is 11.8 Å². The van der Waals surface area contributed by atoms with Gasteiger partial charge in [-0.05, 0) is 45.1 Å². The van der Waals surface area contributed by atoms with E-state index in [-0.39, 0.29) is 16.7 Å². The van der Waals surface area contributed by atoms with Gasteiger partial charge in [0.05, 0.1) is 12.5 Å². The van der Waals surface area contributed by atoms with Crippen LogP contribution in [-0.2, 0) is 28.7 Å². The highest BCUT2D eigenvalue weighted by Gasteiger charge is 2.64. The second-order valence-corrected chi connectivity index (χ2v) is 10.5. The number of amides is 1. The minimum Gasteiger partial charge on any atom is -0.333 e. The van der Waals surface area contributed by atoms with E-state index in [9.17, 15) is 4.79 Å². The minimum atomic E-state index is -0.0379. The quantitative estimate of drug-likeness (QED) is 0.800. The first kappa shape index (κ1) is 18.8. The first-order chi connectivity index (χ1) is 13.7. The number of carbonyl (C=O) groups excluding carboxylic acids is 1. The summed E-state index contributed by atoms with van der Waals surface area (Å²) in [7, 11) is 0. The van der Waals surface area contributed by atoms with Crippen molar-refractivity contribution in [3.05, 3.63) is 29.6 Å². The van der Waals surface area contributed by atoms with E-state index in [1.165, 1.54) is 5.69 Å². The van der Waals surface area contributed by atoms with Crippen molar-refractivity contribution in [2.75, 3.05) is 6.54 Å². The fourth-order valence-electron chi connectivity index (χ4n) is 6.02. The van der Waals surface area contributed by atoms with Crippen molar-refractivity contribution < 1.29 is 4.79 Å². The maximum Gasteiger partial charge on any atom is 0.227 e. The lowest BCUT2D eigenvalue weighted by Crippen LogP contribution is -2.55. The van der Waals surface area contributed by atoms with E-state index in [0.29, 0.717) is 24.4 Å². The molecule has 3 saturated carbocycles. The standard InChI is InChI=1S/C22H32N6O/c1-14(2)28-16(7-9-23-28)22-8-6-15(12-22)18(22)19(29)26-10-11-27-17(13-26)24-25-20(27)21(3,4)5/h7,9,14-15,18H,6,8,10-13H2,1-5H3. The number of carbonyl (C=O) groups is 1. The molecule has 1 amide bonds. The molecular formula is C22H32N6O. The van der Waals surface area contributed by atoms with E-state index in [1.54, 1.807) is 0 Å². The van der Waals surface area contributed by atoms with Gasteiger partial charge >= 0.3 is 0 Å². The summed E-state index contributed by atoms with van der Waals surface area (Å²) < 4.78 is 4.34. The summed E-state index contributed by atoms with van der Waals surface area (Å²) >= 11 is 0. The Balaban J connectivity index is 1.40. The Labute approximate surface area is 172 Å². The van der Waals surface area contributed by atoms with E-state index in [2.05, 4.69) is 65.2 Å². The van der Waals surface area contributed by atoms with Crippen LogP contribution in [0.15, 0.2) is 12.3 Å². The van der Waals surface area contributed by atoms with E-state index >= 15 is 0 Å². The SMILES string of the molecule is CC(C)n1nccc1C12CCC(C1)C2C(=O)N1CCn2c(nnc2C(C)(C)C)C1. The summed E-state index contributed by atoms with van der Waals surface area (Å²) in [6.45, 7) is 12.9. The molecule has 3 atom stereocenters. The topological polar surface area (TPSA) is 68.8 Å². The lowest BCUT2D eigenvalue weighted by Gasteiger charge is -2.49. The predicted molar refractivity (Wildman–Crippen MR) is 109 cm³/mol. The average Bonchev–Trinajstić information content (AvgIpc) is 3.40. The van der Waals surface area contributed by atoms with Gasteiger partial charge in [-0.2, -0.15) is 5.10 Å². The van der Waals surface area contributed by atoms with Gasteiger partial charge in [0.25, 0.3) is 0 Å². The first-order valence-corrected chi connectivity index (χ1v) is 11.0. The summed E-state index contributed by atoms with van der Waals surface area (Å²) in [6.07, 6.45) is 5.28. The maximum atomic E-state index is 13.7. The highest BCUT2D eigenvalue weighted by atomic mass is 16.2. The van der Waals surface area contributed by atoms with Crippen LogP contribution in [0.25, 0.3) is 0 Å². The molecule has 0 saturated heterocycles. The third-order valence-electron chi connectivity index (χ3n) is 7.33. The number of hydrogen-bond acceptors (Lipinski definition) is 4. The van der Waals surface area contributed by atoms with Gasteiger partial charge in [0, 0.05) is 41.9 Å². The van der Waals surface area contributed by atoms with Gasteiger partial charge in [-0.15, -0.1) is 10.2 Å². The van der Waals surface area contributed by atoms with Gasteiger partial charge < -0.3 is 9.47 Å². The fraction of sp³-hybridized carbons (Fsp3) is 0.727. The third-order valence-corrected chi connectivity index (χ3v) is 7.33. The molecule has 7 nitrogen and oxygen atoms in total. The molecule has 0 N–H and O–H groups in total. The van der Waals surface area contributed by atoms with Crippen LogP contribution in [0.4, 0.5) is 0 Å². The maximum absolute atomic E-state index is 13.7. The summed E-state index contributed by atoms with van der Waals surface area (Å²) in [6, 6.07) is 2.46. The van der Waals surface area contributed by atoms with Crippen LogP contribution >= 0.6 is 0 Å². The second kappa shape index (κ2) is 6.16. The fourth-order valence-corrected chi connectivity index (χ4v) is 6.02. The Morgan fingerprint density at radius 3 is 2.72 bits per heavy atom. The Kier molecular flexibility index (Phi) is 4.00. The molecule has 3 heterocycles. The molecule has 2 bridgehead atoms. The summed E-state index contributed by atoms with van der Waals surface area (Å²) in [5.41, 5.74) is 1.20. The van der Waals surface area contributed by atoms with Crippen molar-refractivity contribution in [2.45, 2.75) is 83.8 Å². The van der Waals surface area contributed by atoms with Crippen molar-refractivity contribution in [1.82, 2.24) is 29.4 Å². The Hall–Kier alpha value is -2.18. The summed E-state index contributed by atoms with van der Waals surface area (Å²) in [5, 5.41) is 13.4. The van der Waals surface area contributed by atoms with Gasteiger partial charge in [0.1, 0.15) is 5.82 Å². The molecule has 7 heteroatoms. The molecule has 3 fully saturated rings. The van der Waals surface area contributed by atoms with E-state index in [0.717, 1.165) is 44.0 Å². The van der Waals surface area contributed by atoms with Gasteiger partial charge in [-0.1, -0.05) is 20.8 Å². The molecule has 156 valence electrons. The highest BCUT2D eigenvalue weighted by Crippen LogP contribution is 2.64. The summed E-state index contributed by atoms with van der Waals surface area (Å²) in [4.78, 5) is 15.7. The van der Waals surface area contributed by atoms with Crippen LogP contribution in [0.2, 0.25) is 0 Å². The minimum absolute atomic E-state index is 0.0236. The van der Waals surface area contributed by atoms with Gasteiger partial charge in [0.15, 0.2) is 5.82 Å². The van der Waals surface area contributed by atoms with E-state index in [4.69, 9.17) is 0 Å². The number of rotatable bonds is 3. The Morgan fingerprint density at radius 2 is 2.03 bits per heavy atom. The van der Waals surface area contributed by atoms with Crippen LogP contribution in [0.1, 0.15) is 77.3 Å². The molecule has 6 rings (SSSR count). The molecule has 29 heavy (non-hydrogen) atoms. The zero-order valence-electron chi connectivity index (χ0n) is 18.2. The van der Waals surface area contributed by atoms with Gasteiger partial charge in [-0.25, -0.2) is 0 Å². The van der Waals surface area contributed by atoms with Crippen molar-refractivity contribution in [2.24, 2.45) is 11.8 Å². The Bertz CT molecular complexity index is 947. The van der Waals surface area contributed by atoms with Crippen LogP contribution in [-0.4, -0.2) is 41.9 Å². The van der Waals surface area contributed by atoms with Gasteiger partial charge in [0.2, 0.25) is 5.91 Å². The average molecular weight is 397 g/mol. The van der Waals surface area contributed by atoms with Crippen molar-refractivity contribution in [3.63, 3.8) is 0 Å². The second-order valence-electron chi connectivity index (χ2n) is 10.5. The van der Waals surface area contributed by atoms with Crippen molar-refractivity contribution >= 4 is 5.91 Å². The van der Waals surface area contributed by atoms with E-state index < -0.39 is 0 Å². The van der Waals surface area contributed by atoms with Crippen LogP contribution < -0.4 is 0 Å². The molecule has 0 radical (unpaired) electrons. The van der Waals surface area contributed by atoms with Crippen LogP contribution in [0.5, 0.6) is 0 Å². The zero-order valence-corrected chi connectivity index (χ0v) is 18.2. The Morgan fingerprint density at radius 1 is 1.24 bits per heavy atom. The number of hydrogen-bond donors (Lipinski definition) is 0. The third kappa shape index (κ3) is 2.62. The lowest BCUT2D eigenvalue weighted by molar-refractivity contribution is -0.146. The summed E-state index contributed by atoms with van der Waals surface area (Å²) in [5.74, 6) is 2.85. The van der Waals surface area contributed by atoms with Gasteiger partial charge in [-0.3, -0.25) is 9.48 Å². The molecule has 3 aliphatic carbocycles. The van der Waals surface area contributed by atoms with Crippen LogP contribution in [0.3, 0.4) is 0 Å². The van der Waals surface area contributed by atoms with Crippen molar-refractivity contribution in [3.8, 4) is 0 Å². The molecular weight excluding hydrogens is 364 g/mol. The first-order valence-electron chi connectivity index (χ1n) is 11.0. The van der Waals surface area contributed by atoms with Crippen molar-refractivity contribution in [1.29, 1.82) is 0 Å². The van der Waals surface area contributed by atoms with E-state index in [1.807, 2.05) is 11.1 Å². The molecule has 2 aromatic rings. The highest BCUT2D eigenvalue weighted by molar-refractivity contribution is 5.83. The number of aromatic nitrogens is 5. The predicted octanol–water partition coefficient (Wildman–Crippen LogP) is 3.06. The monoisotopic (exact) mass is 396 g/mol. The molecule has 0 spiro atoms. The number of fused-ring (bicyclic) bond motifs is 2. The zero-order chi connectivity index (χ0) is 20.6. The smallest absolute Gasteiger partial charge is 0.227 e. The normalized spacial score (nSPS) is 28.6. The molecule has 4 aliphatic rings. The largest absolute Gasteiger partial charge is 0.333 e. The molecule has 0 aromatic carbocycles. The molecule has 2 aromatic heterocycles. The molecule has 1 aliphatic heterocycles. The lowest BCUT2D eigenvalue weighted by atomic mass is 9.58. The molecule has 3 unspecified atom stereocenters.